The van der Waals surface area contributed by atoms with Gasteiger partial charge in [0.2, 0.25) is 0 Å². The van der Waals surface area contributed by atoms with Gasteiger partial charge >= 0.3 is 0 Å². The second kappa shape index (κ2) is 11.5. The fourth-order valence-corrected chi connectivity index (χ4v) is 7.96. The topological polar surface area (TPSA) is 0 Å². The smallest absolute Gasteiger partial charge is 0.0291 e. The van der Waals surface area contributed by atoms with Crippen molar-refractivity contribution >= 4 is 57.2 Å². The van der Waals surface area contributed by atoms with Gasteiger partial charge in [0.15, 0.2) is 0 Å². The van der Waals surface area contributed by atoms with Crippen molar-refractivity contribution in [1.29, 1.82) is 0 Å². The molecule has 0 heterocycles. The molecule has 0 aliphatic carbocycles. The van der Waals surface area contributed by atoms with E-state index in [1.54, 1.807) is 0 Å². The van der Waals surface area contributed by atoms with Crippen LogP contribution in [0.15, 0.2) is 0 Å². The molecule has 6 heteroatoms. The second-order valence-electron chi connectivity index (χ2n) is 2.42. The summed E-state index contributed by atoms with van der Waals surface area (Å²) < 4.78 is 0. The summed E-state index contributed by atoms with van der Waals surface area (Å²) in [7, 11) is 4.57. The van der Waals surface area contributed by atoms with Crippen LogP contribution in [0.25, 0.3) is 0 Å². The molecule has 0 aliphatic heterocycles. The molecule has 0 fully saturated rings. The monoisotopic (exact) mass is 276 g/mol. The Morgan fingerprint density at radius 2 is 1.50 bits per heavy atom. The maximum absolute atomic E-state index is 4.98. The summed E-state index contributed by atoms with van der Waals surface area (Å²) in [5, 5.41) is 0. The van der Waals surface area contributed by atoms with E-state index < -0.39 is 0 Å². The van der Waals surface area contributed by atoms with Crippen molar-refractivity contribution in [2.24, 2.45) is 0 Å². The molecule has 0 aromatic carbocycles. The van der Waals surface area contributed by atoms with E-state index in [1.807, 2.05) is 0 Å². The van der Waals surface area contributed by atoms with Crippen LogP contribution in [0.4, 0.5) is 0 Å². The van der Waals surface area contributed by atoms with Crippen LogP contribution < -0.4 is 0 Å². The zero-order valence-corrected chi connectivity index (χ0v) is 12.8. The molecule has 0 saturated heterocycles. The lowest BCUT2D eigenvalue weighted by atomic mass is 10.9. The molecule has 0 amide bonds. The molecule has 0 N–H and O–H groups in total. The summed E-state index contributed by atoms with van der Waals surface area (Å²) in [5.41, 5.74) is 0. The molecule has 3 atom stereocenters. The predicted molar refractivity (Wildman–Crippen MR) is 77.2 cm³/mol. The second-order valence-corrected chi connectivity index (χ2v) is 8.99. The van der Waals surface area contributed by atoms with E-state index in [0.29, 0.717) is 0 Å². The van der Waals surface area contributed by atoms with Crippen molar-refractivity contribution in [3.8, 4) is 0 Å². The van der Waals surface area contributed by atoms with Gasteiger partial charge in [0, 0.05) is 0 Å². The van der Waals surface area contributed by atoms with Crippen molar-refractivity contribution < 1.29 is 0 Å². The highest BCUT2D eigenvalue weighted by molar-refractivity contribution is 8.25. The van der Waals surface area contributed by atoms with Gasteiger partial charge in [-0.25, -0.2) is 0 Å². The molecule has 0 spiro atoms. The average molecular weight is 276 g/mol. The van der Waals surface area contributed by atoms with Crippen molar-refractivity contribution in [2.75, 3.05) is 37.0 Å². The number of rotatable bonds is 8. The Labute approximate surface area is 94.0 Å². The normalized spacial score (nSPS) is 15.2. The van der Waals surface area contributed by atoms with Gasteiger partial charge in [-0.15, -0.1) is 17.2 Å². The number of hydrogen-bond acceptors (Lipinski definition) is 2. The van der Waals surface area contributed by atoms with E-state index in [2.05, 4.69) is 9.24 Å². The highest BCUT2D eigenvalue weighted by Crippen LogP contribution is 2.37. The van der Waals surface area contributed by atoms with Crippen molar-refractivity contribution in [3.05, 3.63) is 0 Å². The van der Waals surface area contributed by atoms with E-state index in [-0.39, 0.29) is 7.92 Å². The predicted octanol–water partition coefficient (Wildman–Crippen LogP) is 2.62. The Hall–Kier alpha value is 2.42. The Balaban J connectivity index is 3.40. The van der Waals surface area contributed by atoms with Crippen LogP contribution in [0.2, 0.25) is 0 Å². The van der Waals surface area contributed by atoms with Gasteiger partial charge in [-0.1, -0.05) is 12.3 Å². The van der Waals surface area contributed by atoms with Gasteiger partial charge in [-0.2, -0.15) is 0 Å². The Morgan fingerprint density at radius 3 is 1.83 bits per heavy atom. The first-order valence-electron chi connectivity index (χ1n) is 3.97. The van der Waals surface area contributed by atoms with E-state index in [0.717, 1.165) is 15.6 Å². The molecule has 3 unspecified atom stereocenters. The molecule has 0 nitrogen and oxygen atoms in total. The maximum Gasteiger partial charge on any atom is -0.0291 e. The molecule has 0 aliphatic rings. The zero-order valence-electron chi connectivity index (χ0n) is 7.08. The van der Waals surface area contributed by atoms with Gasteiger partial charge in [-0.3, -0.25) is 15.6 Å². The third-order valence-corrected chi connectivity index (χ3v) is 7.86. The minimum Gasteiger partial charge on any atom is -0.762 e. The van der Waals surface area contributed by atoms with Gasteiger partial charge in [0.1, 0.15) is 0 Å². The van der Waals surface area contributed by atoms with Crippen molar-refractivity contribution in [3.63, 3.8) is 0 Å². The average Bonchev–Trinajstić information content (AvgIpc) is 2.10. The van der Waals surface area contributed by atoms with E-state index >= 15 is 0 Å². The molecule has 0 rings (SSSR count). The first-order valence-corrected chi connectivity index (χ1v) is 11.4. The lowest BCUT2D eigenvalue weighted by Gasteiger charge is -2.19. The molecule has 0 radical (unpaired) electrons. The molecule has 0 bridgehead atoms. The lowest BCUT2D eigenvalue weighted by molar-refractivity contribution is 1.38. The van der Waals surface area contributed by atoms with E-state index in [1.165, 1.54) is 37.0 Å². The standard InChI is InChI=1S/C6H16P4S2/c7-1-4-10(5-2-8-11)6-3-9-12/h8-9H,1-7H2/q-2. The molecule has 0 saturated carbocycles. The van der Waals surface area contributed by atoms with Gasteiger partial charge in [-0.05, 0) is 24.6 Å². The molecular formula is C6H16P4S2-2. The summed E-state index contributed by atoms with van der Waals surface area (Å²) >= 11 is 9.96. The third-order valence-electron chi connectivity index (χ3n) is 1.51. The fourth-order valence-electron chi connectivity index (χ4n) is 0.925. The largest absolute Gasteiger partial charge is 0.762 e. The van der Waals surface area contributed by atoms with Crippen LogP contribution >= 0.6 is 32.7 Å². The molecule has 74 valence electrons. The highest BCUT2D eigenvalue weighted by Gasteiger charge is 2.03. The first-order chi connectivity index (χ1) is 5.85. The van der Waals surface area contributed by atoms with Crippen LogP contribution in [0.5, 0.6) is 0 Å². The highest BCUT2D eigenvalue weighted by atomic mass is 32.7. The summed E-state index contributed by atoms with van der Waals surface area (Å²) in [6.45, 7) is 0. The summed E-state index contributed by atoms with van der Waals surface area (Å²) in [5.74, 6) is 0. The van der Waals surface area contributed by atoms with Gasteiger partial charge in [0.05, 0.1) is 0 Å². The minimum atomic E-state index is 0.287. The Morgan fingerprint density at radius 1 is 1.00 bits per heavy atom. The summed E-state index contributed by atoms with van der Waals surface area (Å²) in [6, 6.07) is 0. The molecule has 0 aromatic rings. The van der Waals surface area contributed by atoms with Crippen LogP contribution in [-0.4, -0.2) is 37.0 Å². The van der Waals surface area contributed by atoms with E-state index in [9.17, 15) is 0 Å². The minimum absolute atomic E-state index is 0.287. The third kappa shape index (κ3) is 8.99. The lowest BCUT2D eigenvalue weighted by Crippen LogP contribution is -1.98. The van der Waals surface area contributed by atoms with Crippen LogP contribution in [0.3, 0.4) is 0 Å². The molecule has 12 heavy (non-hydrogen) atoms. The number of hydrogen-bond donors (Lipinski definition) is 0. The Kier molecular flexibility index (Phi) is 13.8. The first kappa shape index (κ1) is 14.4. The van der Waals surface area contributed by atoms with Crippen LogP contribution in [0.1, 0.15) is 0 Å². The quantitative estimate of drug-likeness (QED) is 0.494. The molecule has 0 aromatic heterocycles. The van der Waals surface area contributed by atoms with Gasteiger partial charge in [0.25, 0.3) is 0 Å². The van der Waals surface area contributed by atoms with Crippen LogP contribution in [0, 0.1) is 0 Å². The summed E-state index contributed by atoms with van der Waals surface area (Å²) in [4.78, 5) is 0. The summed E-state index contributed by atoms with van der Waals surface area (Å²) in [6.07, 6.45) is 7.99. The fraction of sp³-hybridized carbons (Fsp3) is 1.00. The van der Waals surface area contributed by atoms with Crippen LogP contribution in [-0.2, 0) is 24.5 Å². The SMILES string of the molecule is PCCP(CCP[S-])CCP[S-]. The Bertz CT molecular complexity index is 85.6. The van der Waals surface area contributed by atoms with Gasteiger partial charge < -0.3 is 24.5 Å². The zero-order chi connectivity index (χ0) is 9.23. The van der Waals surface area contributed by atoms with E-state index in [4.69, 9.17) is 24.5 Å². The molecular weight excluding hydrogens is 260 g/mol. The maximum atomic E-state index is 4.98. The van der Waals surface area contributed by atoms with Crippen molar-refractivity contribution in [2.45, 2.75) is 0 Å². The van der Waals surface area contributed by atoms with Crippen molar-refractivity contribution in [1.82, 2.24) is 0 Å².